The van der Waals surface area contributed by atoms with Gasteiger partial charge in [-0.3, -0.25) is 4.99 Å². The number of aliphatic imine (C=N–C) groups is 1. The second kappa shape index (κ2) is 4.45. The molecule has 1 spiro atoms. The van der Waals surface area contributed by atoms with Gasteiger partial charge in [-0.15, -0.1) is 0 Å². The molecule has 0 aliphatic carbocycles. The fraction of sp³-hybridized carbons (Fsp3) is 0.909. The maximum Gasteiger partial charge on any atom is 0.191 e. The van der Waals surface area contributed by atoms with Crippen LogP contribution in [0.1, 0.15) is 13.3 Å². The number of likely N-dealkylation sites (N-methyl/N-ethyl adjacent to an activating group) is 1. The summed E-state index contributed by atoms with van der Waals surface area (Å²) in [4.78, 5) is 8.99. The molecule has 2 heterocycles. The van der Waals surface area contributed by atoms with Crippen LogP contribution in [-0.4, -0.2) is 66.0 Å². The van der Waals surface area contributed by atoms with Gasteiger partial charge in [0.15, 0.2) is 5.96 Å². The van der Waals surface area contributed by atoms with Crippen molar-refractivity contribution in [3.05, 3.63) is 0 Å². The minimum absolute atomic E-state index is 0.226. The summed E-state index contributed by atoms with van der Waals surface area (Å²) in [6, 6.07) is 0. The van der Waals surface area contributed by atoms with E-state index in [2.05, 4.69) is 35.8 Å². The van der Waals surface area contributed by atoms with Gasteiger partial charge >= 0.3 is 0 Å². The summed E-state index contributed by atoms with van der Waals surface area (Å²) in [6.07, 6.45) is 1.22. The minimum atomic E-state index is 0.226. The third-order valence-corrected chi connectivity index (χ3v) is 4.90. The molecule has 16 heavy (non-hydrogen) atoms. The van der Waals surface area contributed by atoms with E-state index in [0.29, 0.717) is 0 Å². The minimum Gasteiger partial charge on any atom is -0.370 e. The van der Waals surface area contributed by atoms with Gasteiger partial charge < -0.3 is 15.5 Å². The number of thioether (sulfide) groups is 1. The van der Waals surface area contributed by atoms with Crippen LogP contribution in [0.15, 0.2) is 4.99 Å². The van der Waals surface area contributed by atoms with E-state index in [1.165, 1.54) is 12.2 Å². The van der Waals surface area contributed by atoms with Crippen LogP contribution in [0.3, 0.4) is 0 Å². The van der Waals surface area contributed by atoms with Gasteiger partial charge in [-0.05, 0) is 20.5 Å². The van der Waals surface area contributed by atoms with E-state index in [0.717, 1.165) is 30.8 Å². The first kappa shape index (κ1) is 12.0. The highest BCUT2D eigenvalue weighted by molar-refractivity contribution is 8.00. The Morgan fingerprint density at radius 2 is 2.38 bits per heavy atom. The molecule has 0 radical (unpaired) electrons. The van der Waals surface area contributed by atoms with Gasteiger partial charge in [0.1, 0.15) is 0 Å². The van der Waals surface area contributed by atoms with Crippen molar-refractivity contribution in [3.63, 3.8) is 0 Å². The van der Waals surface area contributed by atoms with Crippen LogP contribution >= 0.6 is 11.8 Å². The first-order valence-corrected chi connectivity index (χ1v) is 6.92. The summed E-state index contributed by atoms with van der Waals surface area (Å²) < 4.78 is 0. The van der Waals surface area contributed by atoms with E-state index in [-0.39, 0.29) is 5.54 Å². The lowest BCUT2D eigenvalue weighted by atomic mass is 9.95. The highest BCUT2D eigenvalue weighted by Crippen LogP contribution is 2.40. The van der Waals surface area contributed by atoms with Gasteiger partial charge in [-0.25, -0.2) is 0 Å². The number of nitrogens with zero attached hydrogens (tertiary/aromatic N) is 3. The molecule has 0 aromatic rings. The molecule has 2 rings (SSSR count). The van der Waals surface area contributed by atoms with E-state index >= 15 is 0 Å². The molecule has 1 fully saturated rings. The Labute approximate surface area is 102 Å². The molecule has 0 saturated carbocycles. The van der Waals surface area contributed by atoms with Crippen molar-refractivity contribution in [3.8, 4) is 0 Å². The lowest BCUT2D eigenvalue weighted by molar-refractivity contribution is 0.204. The van der Waals surface area contributed by atoms with Crippen molar-refractivity contribution in [1.29, 1.82) is 0 Å². The van der Waals surface area contributed by atoms with Crippen LogP contribution in [-0.2, 0) is 0 Å². The van der Waals surface area contributed by atoms with Crippen molar-refractivity contribution in [2.75, 3.05) is 39.5 Å². The average molecular weight is 242 g/mol. The van der Waals surface area contributed by atoms with E-state index in [9.17, 15) is 0 Å². The number of rotatable bonds is 3. The Morgan fingerprint density at radius 3 is 2.94 bits per heavy atom. The molecule has 0 aromatic carbocycles. The maximum atomic E-state index is 6.01. The van der Waals surface area contributed by atoms with Crippen molar-refractivity contribution in [1.82, 2.24) is 9.80 Å². The Balaban J connectivity index is 2.03. The Hall–Kier alpha value is -0.420. The highest BCUT2D eigenvalue weighted by atomic mass is 32.2. The number of nitrogens with two attached hydrogens (primary N) is 1. The van der Waals surface area contributed by atoms with Crippen LogP contribution in [0.25, 0.3) is 0 Å². The maximum absolute atomic E-state index is 6.01. The molecular weight excluding hydrogens is 220 g/mol. The highest BCUT2D eigenvalue weighted by Gasteiger charge is 2.46. The molecule has 92 valence electrons. The monoisotopic (exact) mass is 242 g/mol. The summed E-state index contributed by atoms with van der Waals surface area (Å²) >= 11 is 2.05. The van der Waals surface area contributed by atoms with Crippen LogP contribution in [0.5, 0.6) is 0 Å². The average Bonchev–Trinajstić information content (AvgIpc) is 2.71. The second-order valence-corrected chi connectivity index (χ2v) is 6.61. The molecule has 4 nitrogen and oxygen atoms in total. The number of hydrogen-bond donors (Lipinski definition) is 1. The van der Waals surface area contributed by atoms with Crippen molar-refractivity contribution in [2.24, 2.45) is 10.7 Å². The molecule has 2 aliphatic heterocycles. The molecular formula is C11H22N4S. The van der Waals surface area contributed by atoms with E-state index < -0.39 is 0 Å². The molecule has 0 bridgehead atoms. The summed E-state index contributed by atoms with van der Waals surface area (Å²) in [5.74, 6) is 1.92. The Bertz CT molecular complexity index is 292. The molecule has 2 aliphatic rings. The summed E-state index contributed by atoms with van der Waals surface area (Å²) in [5.41, 5.74) is 6.24. The molecule has 0 amide bonds. The van der Waals surface area contributed by atoms with Crippen LogP contribution < -0.4 is 5.73 Å². The zero-order valence-electron chi connectivity index (χ0n) is 10.4. The standard InChI is InChI=1S/C11H22N4S/c1-9-6-11(8-16-9)7-13-10(12)15(11)5-4-14(2)3/h9H,4-8H2,1-3H3,(H2,12,13). The van der Waals surface area contributed by atoms with E-state index in [1.807, 2.05) is 11.8 Å². The van der Waals surface area contributed by atoms with E-state index in [4.69, 9.17) is 5.73 Å². The predicted molar refractivity (Wildman–Crippen MR) is 71.0 cm³/mol. The Morgan fingerprint density at radius 1 is 1.62 bits per heavy atom. The topological polar surface area (TPSA) is 44.9 Å². The molecule has 0 aromatic heterocycles. The smallest absolute Gasteiger partial charge is 0.191 e. The third kappa shape index (κ3) is 2.15. The summed E-state index contributed by atoms with van der Waals surface area (Å²) in [6.45, 7) is 5.23. The normalized spacial score (nSPS) is 34.1. The number of guanidine groups is 1. The van der Waals surface area contributed by atoms with Crippen molar-refractivity contribution in [2.45, 2.75) is 24.1 Å². The fourth-order valence-corrected chi connectivity index (χ4v) is 3.93. The van der Waals surface area contributed by atoms with Gasteiger partial charge in [0.05, 0.1) is 12.1 Å². The van der Waals surface area contributed by atoms with Gasteiger partial charge in [-0.2, -0.15) is 11.8 Å². The lowest BCUT2D eigenvalue weighted by Gasteiger charge is -2.36. The van der Waals surface area contributed by atoms with Crippen LogP contribution in [0.4, 0.5) is 0 Å². The molecule has 1 saturated heterocycles. The first-order chi connectivity index (χ1) is 7.53. The van der Waals surface area contributed by atoms with Crippen molar-refractivity contribution >= 4 is 17.7 Å². The van der Waals surface area contributed by atoms with Gasteiger partial charge in [0.25, 0.3) is 0 Å². The first-order valence-electron chi connectivity index (χ1n) is 5.87. The fourth-order valence-electron chi connectivity index (χ4n) is 2.54. The van der Waals surface area contributed by atoms with Crippen LogP contribution in [0, 0.1) is 0 Å². The zero-order chi connectivity index (χ0) is 11.8. The zero-order valence-corrected chi connectivity index (χ0v) is 11.3. The van der Waals surface area contributed by atoms with Gasteiger partial charge in [-0.1, -0.05) is 6.92 Å². The third-order valence-electron chi connectivity index (χ3n) is 3.46. The molecule has 2 atom stereocenters. The summed E-state index contributed by atoms with van der Waals surface area (Å²) in [5, 5.41) is 0.739. The quantitative estimate of drug-likeness (QED) is 0.780. The SMILES string of the molecule is CC1CC2(CN=C(N)N2CCN(C)C)CS1. The van der Waals surface area contributed by atoms with Gasteiger partial charge in [0.2, 0.25) is 0 Å². The molecule has 5 heteroatoms. The number of hydrogen-bond acceptors (Lipinski definition) is 5. The van der Waals surface area contributed by atoms with Gasteiger partial charge in [0, 0.05) is 24.1 Å². The molecule has 2 N–H and O–H groups in total. The van der Waals surface area contributed by atoms with Crippen molar-refractivity contribution < 1.29 is 0 Å². The largest absolute Gasteiger partial charge is 0.370 e. The van der Waals surface area contributed by atoms with Crippen LogP contribution in [0.2, 0.25) is 0 Å². The second-order valence-electron chi connectivity index (χ2n) is 5.18. The lowest BCUT2D eigenvalue weighted by Crippen LogP contribution is -2.53. The Kier molecular flexibility index (Phi) is 3.35. The predicted octanol–water partition coefficient (Wildman–Crippen LogP) is 0.443. The summed E-state index contributed by atoms with van der Waals surface area (Å²) in [7, 11) is 4.20. The molecule has 2 unspecified atom stereocenters. The van der Waals surface area contributed by atoms with E-state index in [1.54, 1.807) is 0 Å².